The molecule has 138 valence electrons. The van der Waals surface area contributed by atoms with Gasteiger partial charge in [0.05, 0.1) is 13.3 Å². The molecule has 6 heteroatoms. The highest BCUT2D eigenvalue weighted by Crippen LogP contribution is 2.41. The van der Waals surface area contributed by atoms with E-state index in [0.717, 1.165) is 44.0 Å². The summed E-state index contributed by atoms with van der Waals surface area (Å²) < 4.78 is 7.20. The molecule has 2 aromatic rings. The zero-order valence-corrected chi connectivity index (χ0v) is 15.5. The van der Waals surface area contributed by atoms with Crippen LogP contribution in [0.1, 0.15) is 40.4 Å². The molecule has 2 heterocycles. The first-order valence-corrected chi connectivity index (χ1v) is 9.32. The maximum absolute atomic E-state index is 12.7. The smallest absolute Gasteiger partial charge is 0.253 e. The van der Waals surface area contributed by atoms with Crippen LogP contribution >= 0.6 is 0 Å². The zero-order chi connectivity index (χ0) is 18.1. The molecule has 0 N–H and O–H groups in total. The van der Waals surface area contributed by atoms with Crippen LogP contribution < -0.4 is 4.74 Å². The van der Waals surface area contributed by atoms with Gasteiger partial charge in [-0.25, -0.2) is 0 Å². The van der Waals surface area contributed by atoms with E-state index in [9.17, 15) is 4.79 Å². The maximum Gasteiger partial charge on any atom is 0.253 e. The van der Waals surface area contributed by atoms with E-state index in [1.165, 1.54) is 24.1 Å². The minimum absolute atomic E-state index is 0.104. The van der Waals surface area contributed by atoms with Crippen molar-refractivity contribution >= 4 is 5.91 Å². The van der Waals surface area contributed by atoms with Crippen LogP contribution in [0, 0.1) is 0 Å². The lowest BCUT2D eigenvalue weighted by molar-refractivity contribution is 0.0628. The first kappa shape index (κ1) is 17.1. The molecule has 0 unspecified atom stereocenters. The Morgan fingerprint density at radius 3 is 2.46 bits per heavy atom. The monoisotopic (exact) mass is 354 g/mol. The molecule has 1 aliphatic heterocycles. The second-order valence-electron chi connectivity index (χ2n) is 7.25. The van der Waals surface area contributed by atoms with E-state index in [4.69, 9.17) is 4.74 Å². The molecule has 1 amide bonds. The number of ether oxygens (including phenoxy) is 1. The lowest BCUT2D eigenvalue weighted by Gasteiger charge is -2.34. The second kappa shape index (κ2) is 7.11. The van der Waals surface area contributed by atoms with E-state index in [1.807, 2.05) is 47.1 Å². The van der Waals surface area contributed by atoms with Crippen LogP contribution in [0.2, 0.25) is 0 Å². The summed E-state index contributed by atoms with van der Waals surface area (Å²) in [5.74, 6) is 1.58. The minimum atomic E-state index is 0.104. The number of hydrogen-bond acceptors (Lipinski definition) is 4. The van der Waals surface area contributed by atoms with Crippen LogP contribution in [-0.2, 0) is 13.6 Å². The van der Waals surface area contributed by atoms with Gasteiger partial charge in [-0.2, -0.15) is 5.10 Å². The Hall–Kier alpha value is -2.34. The SMILES string of the molecule is COc1ccc(C(=O)N2CCN(Cc3cnn(C)c3C3CC3)CC2)cc1. The molecule has 0 atom stereocenters. The van der Waals surface area contributed by atoms with Gasteiger partial charge in [0.2, 0.25) is 0 Å². The predicted octanol–water partition coefficient (Wildman–Crippen LogP) is 2.26. The first-order valence-electron chi connectivity index (χ1n) is 9.32. The van der Waals surface area contributed by atoms with E-state index in [2.05, 4.69) is 10.00 Å². The lowest BCUT2D eigenvalue weighted by Crippen LogP contribution is -2.48. The molecule has 1 saturated carbocycles. The second-order valence-corrected chi connectivity index (χ2v) is 7.25. The summed E-state index contributed by atoms with van der Waals surface area (Å²) in [6.45, 7) is 4.28. The van der Waals surface area contributed by atoms with Gasteiger partial charge in [0.25, 0.3) is 5.91 Å². The van der Waals surface area contributed by atoms with E-state index < -0.39 is 0 Å². The van der Waals surface area contributed by atoms with E-state index in [-0.39, 0.29) is 5.91 Å². The lowest BCUT2D eigenvalue weighted by atomic mass is 10.1. The number of hydrogen-bond donors (Lipinski definition) is 0. The molecule has 0 spiro atoms. The molecular formula is C20H26N4O2. The van der Waals surface area contributed by atoms with Gasteiger partial charge in [-0.3, -0.25) is 14.4 Å². The molecule has 1 aliphatic carbocycles. The van der Waals surface area contributed by atoms with Crippen LogP contribution in [0.25, 0.3) is 0 Å². The Morgan fingerprint density at radius 2 is 1.85 bits per heavy atom. The van der Waals surface area contributed by atoms with Crippen molar-refractivity contribution in [3.63, 3.8) is 0 Å². The van der Waals surface area contributed by atoms with Gasteiger partial charge in [-0.15, -0.1) is 0 Å². The van der Waals surface area contributed by atoms with Crippen molar-refractivity contribution < 1.29 is 9.53 Å². The summed E-state index contributed by atoms with van der Waals surface area (Å²) in [5.41, 5.74) is 3.48. The molecule has 2 aliphatic rings. The van der Waals surface area contributed by atoms with Crippen molar-refractivity contribution in [2.75, 3.05) is 33.3 Å². The molecule has 2 fully saturated rings. The Labute approximate surface area is 154 Å². The number of rotatable bonds is 5. The van der Waals surface area contributed by atoms with Crippen LogP contribution in [-0.4, -0.2) is 58.8 Å². The molecule has 4 rings (SSSR count). The number of methoxy groups -OCH3 is 1. The number of aryl methyl sites for hydroxylation is 1. The normalized spacial score (nSPS) is 18.2. The van der Waals surface area contributed by atoms with Crippen LogP contribution in [0.4, 0.5) is 0 Å². The summed E-state index contributed by atoms with van der Waals surface area (Å²) in [5, 5.41) is 4.46. The van der Waals surface area contributed by atoms with Gasteiger partial charge >= 0.3 is 0 Å². The van der Waals surface area contributed by atoms with E-state index >= 15 is 0 Å². The highest BCUT2D eigenvalue weighted by atomic mass is 16.5. The summed E-state index contributed by atoms with van der Waals surface area (Å²) in [6.07, 6.45) is 4.59. The molecule has 26 heavy (non-hydrogen) atoms. The third-order valence-electron chi connectivity index (χ3n) is 5.42. The average Bonchev–Trinajstić information content (AvgIpc) is 3.45. The number of aromatic nitrogens is 2. The standard InChI is InChI=1S/C20H26N4O2/c1-22-19(15-3-4-15)17(13-21-22)14-23-9-11-24(12-10-23)20(25)16-5-7-18(26-2)8-6-16/h5-8,13,15H,3-4,9-12,14H2,1-2H3. The number of piperazine rings is 1. The van der Waals surface area contributed by atoms with Crippen LogP contribution in [0.3, 0.4) is 0 Å². The highest BCUT2D eigenvalue weighted by molar-refractivity contribution is 5.94. The predicted molar refractivity (Wildman–Crippen MR) is 99.4 cm³/mol. The average molecular weight is 354 g/mol. The molecule has 0 bridgehead atoms. The van der Waals surface area contributed by atoms with Crippen LogP contribution in [0.15, 0.2) is 30.5 Å². The summed E-state index contributed by atoms with van der Waals surface area (Å²) in [6, 6.07) is 7.35. The fourth-order valence-corrected chi connectivity index (χ4v) is 3.76. The number of benzene rings is 1. The maximum atomic E-state index is 12.7. The van der Waals surface area contributed by atoms with Crippen LogP contribution in [0.5, 0.6) is 5.75 Å². The van der Waals surface area contributed by atoms with Crippen molar-refractivity contribution in [2.24, 2.45) is 7.05 Å². The number of carbonyl (C=O) groups is 1. The van der Waals surface area contributed by atoms with Crippen molar-refractivity contribution in [1.29, 1.82) is 0 Å². The van der Waals surface area contributed by atoms with Gasteiger partial charge in [-0.1, -0.05) is 0 Å². The van der Waals surface area contributed by atoms with Gasteiger partial charge in [-0.05, 0) is 37.1 Å². The van der Waals surface area contributed by atoms with Crippen molar-refractivity contribution in [2.45, 2.75) is 25.3 Å². The first-order chi connectivity index (χ1) is 12.7. The summed E-state index contributed by atoms with van der Waals surface area (Å²) >= 11 is 0. The fourth-order valence-electron chi connectivity index (χ4n) is 3.76. The van der Waals surface area contributed by atoms with E-state index in [0.29, 0.717) is 5.92 Å². The highest BCUT2D eigenvalue weighted by Gasteiger charge is 2.30. The Bertz CT molecular complexity index is 772. The van der Waals surface area contributed by atoms with Gasteiger partial charge in [0.15, 0.2) is 0 Å². The molecule has 0 radical (unpaired) electrons. The minimum Gasteiger partial charge on any atom is -0.497 e. The Balaban J connectivity index is 1.34. The molecule has 1 aromatic carbocycles. The number of nitrogens with zero attached hydrogens (tertiary/aromatic N) is 4. The van der Waals surface area contributed by atoms with Gasteiger partial charge in [0.1, 0.15) is 5.75 Å². The summed E-state index contributed by atoms with van der Waals surface area (Å²) in [7, 11) is 3.68. The van der Waals surface area contributed by atoms with Gasteiger partial charge < -0.3 is 9.64 Å². The Morgan fingerprint density at radius 1 is 1.15 bits per heavy atom. The summed E-state index contributed by atoms with van der Waals surface area (Å²) in [4.78, 5) is 17.1. The molecule has 6 nitrogen and oxygen atoms in total. The zero-order valence-electron chi connectivity index (χ0n) is 15.5. The fraction of sp³-hybridized carbons (Fsp3) is 0.500. The quantitative estimate of drug-likeness (QED) is 0.826. The topological polar surface area (TPSA) is 50.6 Å². The van der Waals surface area contributed by atoms with Gasteiger partial charge in [0, 0.05) is 62.5 Å². The molecule has 1 aromatic heterocycles. The largest absolute Gasteiger partial charge is 0.497 e. The van der Waals surface area contributed by atoms with Crippen molar-refractivity contribution in [3.8, 4) is 5.75 Å². The molecular weight excluding hydrogens is 328 g/mol. The van der Waals surface area contributed by atoms with E-state index in [1.54, 1.807) is 7.11 Å². The Kier molecular flexibility index (Phi) is 4.68. The van der Waals surface area contributed by atoms with Crippen molar-refractivity contribution in [3.05, 3.63) is 47.3 Å². The third-order valence-corrected chi connectivity index (χ3v) is 5.42. The third kappa shape index (κ3) is 3.46. The van der Waals surface area contributed by atoms with Crippen molar-refractivity contribution in [1.82, 2.24) is 19.6 Å². The number of carbonyl (C=O) groups excluding carboxylic acids is 1. The molecule has 1 saturated heterocycles. The number of amides is 1.